The highest BCUT2D eigenvalue weighted by Crippen LogP contribution is 2.51. The van der Waals surface area contributed by atoms with Crippen molar-refractivity contribution in [3.8, 4) is 0 Å². The van der Waals surface area contributed by atoms with Crippen LogP contribution < -0.4 is 0 Å². The summed E-state index contributed by atoms with van der Waals surface area (Å²) in [6.07, 6.45) is 9.07. The number of fused-ring (bicyclic) bond motifs is 2. The molecule has 2 nitrogen and oxygen atoms in total. The number of rotatable bonds is 0. The standard InChI is InChI=1S/C16H18O2/c1-2-5-14-13(4-1)6-9-15(14)7-3-8-16(12-15)17-10-11-18-16/h1-2,4-6,9H,3,7-8,10-12H2. The molecule has 2 aliphatic carbocycles. The Kier molecular flexibility index (Phi) is 2.21. The number of benzene rings is 1. The third-order valence-corrected chi connectivity index (χ3v) is 4.66. The van der Waals surface area contributed by atoms with Crippen LogP contribution in [-0.4, -0.2) is 19.0 Å². The van der Waals surface area contributed by atoms with Gasteiger partial charge in [0, 0.05) is 18.3 Å². The normalized spacial score (nSPS) is 32.2. The van der Waals surface area contributed by atoms with E-state index in [1.54, 1.807) is 0 Å². The topological polar surface area (TPSA) is 18.5 Å². The molecule has 1 aromatic carbocycles. The van der Waals surface area contributed by atoms with E-state index in [1.807, 2.05) is 0 Å². The summed E-state index contributed by atoms with van der Waals surface area (Å²) in [5.74, 6) is -0.306. The van der Waals surface area contributed by atoms with E-state index in [9.17, 15) is 0 Å². The smallest absolute Gasteiger partial charge is 0.169 e. The molecule has 2 spiro atoms. The average molecular weight is 242 g/mol. The van der Waals surface area contributed by atoms with E-state index < -0.39 is 0 Å². The molecule has 18 heavy (non-hydrogen) atoms. The molecule has 1 heterocycles. The van der Waals surface area contributed by atoms with Crippen LogP contribution in [0.1, 0.15) is 36.8 Å². The monoisotopic (exact) mass is 242 g/mol. The Labute approximate surface area is 108 Å². The maximum atomic E-state index is 5.93. The van der Waals surface area contributed by atoms with Crippen LogP contribution in [0.25, 0.3) is 6.08 Å². The van der Waals surface area contributed by atoms with Crippen molar-refractivity contribution in [2.75, 3.05) is 13.2 Å². The van der Waals surface area contributed by atoms with Crippen LogP contribution >= 0.6 is 0 Å². The Morgan fingerprint density at radius 2 is 1.83 bits per heavy atom. The van der Waals surface area contributed by atoms with E-state index in [4.69, 9.17) is 9.47 Å². The fourth-order valence-electron chi connectivity index (χ4n) is 3.88. The third-order valence-electron chi connectivity index (χ3n) is 4.66. The lowest BCUT2D eigenvalue weighted by molar-refractivity contribution is -0.187. The fourth-order valence-corrected chi connectivity index (χ4v) is 3.88. The van der Waals surface area contributed by atoms with Crippen LogP contribution in [0.2, 0.25) is 0 Å². The first-order valence-corrected chi connectivity index (χ1v) is 6.89. The van der Waals surface area contributed by atoms with E-state index in [-0.39, 0.29) is 11.2 Å². The summed E-state index contributed by atoms with van der Waals surface area (Å²) in [7, 11) is 0. The molecule has 2 heteroatoms. The first-order valence-electron chi connectivity index (χ1n) is 6.89. The second-order valence-corrected chi connectivity index (χ2v) is 5.71. The highest BCUT2D eigenvalue weighted by molar-refractivity contribution is 5.65. The Hall–Kier alpha value is -1.12. The molecule has 1 atom stereocenters. The average Bonchev–Trinajstić information content (AvgIpc) is 2.97. The quantitative estimate of drug-likeness (QED) is 0.695. The largest absolute Gasteiger partial charge is 0.347 e. The first-order chi connectivity index (χ1) is 8.82. The zero-order chi connectivity index (χ0) is 12.1. The summed E-state index contributed by atoms with van der Waals surface area (Å²) in [6.45, 7) is 1.50. The minimum atomic E-state index is -0.306. The molecule has 0 bridgehead atoms. The molecule has 0 aromatic heterocycles. The molecule has 4 rings (SSSR count). The van der Waals surface area contributed by atoms with E-state index in [1.165, 1.54) is 24.0 Å². The third kappa shape index (κ3) is 1.42. The molecule has 1 saturated heterocycles. The van der Waals surface area contributed by atoms with E-state index in [0.717, 1.165) is 26.1 Å². The van der Waals surface area contributed by atoms with Gasteiger partial charge in [0.1, 0.15) is 0 Å². The molecule has 0 radical (unpaired) electrons. The fraction of sp³-hybridized carbons (Fsp3) is 0.500. The summed E-state index contributed by atoms with van der Waals surface area (Å²) in [5.41, 5.74) is 2.98. The second kappa shape index (κ2) is 3.69. The lowest BCUT2D eigenvalue weighted by atomic mass is 9.68. The van der Waals surface area contributed by atoms with Gasteiger partial charge in [-0.25, -0.2) is 0 Å². The van der Waals surface area contributed by atoms with Gasteiger partial charge in [0.15, 0.2) is 5.79 Å². The first kappa shape index (κ1) is 10.8. The molecule has 1 aliphatic heterocycles. The SMILES string of the molecule is C1=CC2(CCCC3(C2)OCCO3)c2ccccc21. The zero-order valence-electron chi connectivity index (χ0n) is 10.5. The second-order valence-electron chi connectivity index (χ2n) is 5.71. The highest BCUT2D eigenvalue weighted by Gasteiger charge is 2.49. The predicted molar refractivity (Wildman–Crippen MR) is 70.3 cm³/mol. The number of hydrogen-bond donors (Lipinski definition) is 0. The van der Waals surface area contributed by atoms with Gasteiger partial charge in [-0.2, -0.15) is 0 Å². The summed E-state index contributed by atoms with van der Waals surface area (Å²) < 4.78 is 11.9. The Bertz CT molecular complexity index is 500. The lowest BCUT2D eigenvalue weighted by Gasteiger charge is -2.42. The Morgan fingerprint density at radius 1 is 1.00 bits per heavy atom. The Morgan fingerprint density at radius 3 is 2.72 bits per heavy atom. The minimum absolute atomic E-state index is 0.152. The molecular formula is C16H18O2. The van der Waals surface area contributed by atoms with Gasteiger partial charge >= 0.3 is 0 Å². The van der Waals surface area contributed by atoms with Gasteiger partial charge in [0.05, 0.1) is 13.2 Å². The van der Waals surface area contributed by atoms with Crippen molar-refractivity contribution < 1.29 is 9.47 Å². The van der Waals surface area contributed by atoms with E-state index in [0.29, 0.717) is 0 Å². The predicted octanol–water partition coefficient (Wildman–Crippen LogP) is 3.27. The molecule has 94 valence electrons. The summed E-state index contributed by atoms with van der Waals surface area (Å²) in [6, 6.07) is 8.73. The van der Waals surface area contributed by atoms with E-state index >= 15 is 0 Å². The maximum absolute atomic E-state index is 5.93. The van der Waals surface area contributed by atoms with E-state index in [2.05, 4.69) is 36.4 Å². The van der Waals surface area contributed by atoms with Gasteiger partial charge in [0.25, 0.3) is 0 Å². The number of hydrogen-bond acceptors (Lipinski definition) is 2. The van der Waals surface area contributed by atoms with Crippen molar-refractivity contribution in [2.24, 2.45) is 0 Å². The minimum Gasteiger partial charge on any atom is -0.347 e. The van der Waals surface area contributed by atoms with Crippen LogP contribution in [0.15, 0.2) is 30.3 Å². The van der Waals surface area contributed by atoms with Crippen molar-refractivity contribution in [3.63, 3.8) is 0 Å². The number of allylic oxidation sites excluding steroid dienone is 1. The molecule has 1 saturated carbocycles. The molecule has 3 aliphatic rings. The molecule has 1 unspecified atom stereocenters. The molecular weight excluding hydrogens is 224 g/mol. The van der Waals surface area contributed by atoms with Gasteiger partial charge in [-0.3, -0.25) is 0 Å². The van der Waals surface area contributed by atoms with Gasteiger partial charge < -0.3 is 9.47 Å². The van der Waals surface area contributed by atoms with Gasteiger partial charge in [-0.15, -0.1) is 0 Å². The van der Waals surface area contributed by atoms with Crippen molar-refractivity contribution in [1.82, 2.24) is 0 Å². The van der Waals surface area contributed by atoms with Crippen LogP contribution in [0.4, 0.5) is 0 Å². The summed E-state index contributed by atoms with van der Waals surface area (Å²) in [5, 5.41) is 0. The van der Waals surface area contributed by atoms with Crippen molar-refractivity contribution in [2.45, 2.75) is 36.9 Å². The molecule has 2 fully saturated rings. The summed E-state index contributed by atoms with van der Waals surface area (Å²) in [4.78, 5) is 0. The van der Waals surface area contributed by atoms with Crippen molar-refractivity contribution >= 4 is 6.08 Å². The van der Waals surface area contributed by atoms with Crippen molar-refractivity contribution in [3.05, 3.63) is 41.5 Å². The van der Waals surface area contributed by atoms with Gasteiger partial charge in [-0.1, -0.05) is 36.4 Å². The van der Waals surface area contributed by atoms with Gasteiger partial charge in [0.2, 0.25) is 0 Å². The van der Waals surface area contributed by atoms with Crippen molar-refractivity contribution in [1.29, 1.82) is 0 Å². The molecule has 1 aromatic rings. The maximum Gasteiger partial charge on any atom is 0.169 e. The highest BCUT2D eigenvalue weighted by atomic mass is 16.7. The summed E-state index contributed by atoms with van der Waals surface area (Å²) >= 11 is 0. The number of ether oxygens (including phenoxy) is 2. The zero-order valence-corrected chi connectivity index (χ0v) is 10.5. The Balaban J connectivity index is 1.75. The van der Waals surface area contributed by atoms with Gasteiger partial charge in [-0.05, 0) is 24.0 Å². The molecule has 0 amide bonds. The van der Waals surface area contributed by atoms with Crippen LogP contribution in [0.3, 0.4) is 0 Å². The molecule has 0 N–H and O–H groups in total. The lowest BCUT2D eigenvalue weighted by Crippen LogP contribution is -2.43. The van der Waals surface area contributed by atoms with Crippen LogP contribution in [0.5, 0.6) is 0 Å². The van der Waals surface area contributed by atoms with Crippen LogP contribution in [0, 0.1) is 0 Å². The van der Waals surface area contributed by atoms with Crippen LogP contribution in [-0.2, 0) is 14.9 Å².